The minimum Gasteiger partial charge on any atom is -0.462 e. The Hall–Kier alpha value is -3.78. The van der Waals surface area contributed by atoms with Crippen LogP contribution >= 0.6 is 11.3 Å². The lowest BCUT2D eigenvalue weighted by molar-refractivity contribution is -0.118. The van der Waals surface area contributed by atoms with Gasteiger partial charge in [-0.3, -0.25) is 14.2 Å². The molecule has 0 saturated carbocycles. The van der Waals surface area contributed by atoms with Gasteiger partial charge in [0.05, 0.1) is 23.9 Å². The molecule has 4 rings (SSSR count). The molecular weight excluding hydrogens is 462 g/mol. The number of amides is 1. The summed E-state index contributed by atoms with van der Waals surface area (Å²) < 4.78 is 6.32. The molecule has 0 spiro atoms. The van der Waals surface area contributed by atoms with Gasteiger partial charge < -0.3 is 10.1 Å². The van der Waals surface area contributed by atoms with Crippen molar-refractivity contribution in [2.24, 2.45) is 0 Å². The summed E-state index contributed by atoms with van der Waals surface area (Å²) in [6.07, 6.45) is 1.42. The number of hydrogen-bond donors (Lipinski definition) is 1. The summed E-state index contributed by atoms with van der Waals surface area (Å²) in [5.74, 6) is -0.367. The van der Waals surface area contributed by atoms with Crippen molar-refractivity contribution < 1.29 is 14.3 Å². The molecule has 35 heavy (non-hydrogen) atoms. The van der Waals surface area contributed by atoms with Gasteiger partial charge in [0, 0.05) is 16.6 Å². The third-order valence-electron chi connectivity index (χ3n) is 5.87. The third kappa shape index (κ3) is 5.02. The molecular formula is C27H27N3O4S. The predicted octanol–water partition coefficient (Wildman–Crippen LogP) is 5.62. The van der Waals surface area contributed by atoms with Gasteiger partial charge in [-0.05, 0) is 55.2 Å². The summed E-state index contributed by atoms with van der Waals surface area (Å²) in [6.45, 7) is 7.96. The Bertz CT molecular complexity index is 1420. The molecule has 1 unspecified atom stereocenters. The van der Waals surface area contributed by atoms with Crippen molar-refractivity contribution >= 4 is 39.1 Å². The zero-order valence-corrected chi connectivity index (χ0v) is 20.9. The van der Waals surface area contributed by atoms with Crippen LogP contribution in [-0.4, -0.2) is 28.0 Å². The molecule has 2 heterocycles. The highest BCUT2D eigenvalue weighted by atomic mass is 32.1. The lowest BCUT2D eigenvalue weighted by Gasteiger charge is -2.15. The van der Waals surface area contributed by atoms with Gasteiger partial charge in [0.2, 0.25) is 5.91 Å². The van der Waals surface area contributed by atoms with Crippen molar-refractivity contribution in [1.82, 2.24) is 9.55 Å². The first kappa shape index (κ1) is 24.3. The minimum absolute atomic E-state index is 0.264. The monoisotopic (exact) mass is 489 g/mol. The summed E-state index contributed by atoms with van der Waals surface area (Å²) in [6, 6.07) is 13.8. The van der Waals surface area contributed by atoms with Crippen molar-refractivity contribution in [1.29, 1.82) is 0 Å². The first-order valence-electron chi connectivity index (χ1n) is 11.5. The summed E-state index contributed by atoms with van der Waals surface area (Å²) in [5.41, 5.74) is 3.63. The maximum absolute atomic E-state index is 13.4. The molecule has 1 atom stereocenters. The molecule has 4 aromatic rings. The quantitative estimate of drug-likeness (QED) is 0.340. The molecule has 8 heteroatoms. The van der Waals surface area contributed by atoms with E-state index in [1.165, 1.54) is 27.8 Å². The van der Waals surface area contributed by atoms with Crippen LogP contribution in [0.3, 0.4) is 0 Å². The molecule has 1 amide bonds. The Morgan fingerprint density at radius 2 is 1.74 bits per heavy atom. The molecule has 0 radical (unpaired) electrons. The lowest BCUT2D eigenvalue weighted by atomic mass is 9.99. The Balaban J connectivity index is 1.59. The number of carbonyl (C=O) groups is 2. The molecule has 0 aliphatic rings. The highest BCUT2D eigenvalue weighted by Crippen LogP contribution is 2.31. The van der Waals surface area contributed by atoms with E-state index in [0.29, 0.717) is 27.4 Å². The van der Waals surface area contributed by atoms with Crippen molar-refractivity contribution in [3.63, 3.8) is 0 Å². The van der Waals surface area contributed by atoms with Crippen molar-refractivity contribution in [2.75, 3.05) is 11.9 Å². The standard InChI is InChI=1S/C27H27N3O4S/c1-5-34-27(33)20-10-12-21(13-11-20)29-24(31)17(4)30-15-28-25-23(26(30)32)22(14-35-25)19-8-6-18(7-9-19)16(2)3/h6-17H,5H2,1-4H3,(H,29,31). The van der Waals surface area contributed by atoms with Crippen LogP contribution in [0.25, 0.3) is 21.3 Å². The molecule has 180 valence electrons. The minimum atomic E-state index is -0.791. The SMILES string of the molecule is CCOC(=O)c1ccc(NC(=O)C(C)n2cnc3scc(-c4ccc(C(C)C)cc4)c3c2=O)cc1. The van der Waals surface area contributed by atoms with Crippen LogP contribution in [-0.2, 0) is 9.53 Å². The summed E-state index contributed by atoms with van der Waals surface area (Å²) in [5, 5.41) is 5.24. The number of fused-ring (bicyclic) bond motifs is 1. The maximum atomic E-state index is 13.4. The molecule has 0 bridgehead atoms. The average molecular weight is 490 g/mol. The number of rotatable bonds is 7. The van der Waals surface area contributed by atoms with Crippen LogP contribution < -0.4 is 10.9 Å². The van der Waals surface area contributed by atoms with Crippen LogP contribution in [0, 0.1) is 0 Å². The molecule has 0 aliphatic carbocycles. The van der Waals surface area contributed by atoms with E-state index in [4.69, 9.17) is 4.74 Å². The van der Waals surface area contributed by atoms with E-state index in [1.807, 2.05) is 17.5 Å². The van der Waals surface area contributed by atoms with Crippen molar-refractivity contribution in [2.45, 2.75) is 39.7 Å². The van der Waals surface area contributed by atoms with Gasteiger partial charge >= 0.3 is 5.97 Å². The Kier molecular flexibility index (Phi) is 7.12. The smallest absolute Gasteiger partial charge is 0.338 e. The Labute approximate surface area is 207 Å². The van der Waals surface area contributed by atoms with E-state index < -0.39 is 12.0 Å². The van der Waals surface area contributed by atoms with Crippen LogP contribution in [0.4, 0.5) is 5.69 Å². The van der Waals surface area contributed by atoms with Crippen LogP contribution in [0.5, 0.6) is 0 Å². The average Bonchev–Trinajstić information content (AvgIpc) is 3.29. The van der Waals surface area contributed by atoms with Crippen LogP contribution in [0.15, 0.2) is 65.0 Å². The lowest BCUT2D eigenvalue weighted by Crippen LogP contribution is -2.31. The van der Waals surface area contributed by atoms with Crippen molar-refractivity contribution in [3.05, 3.63) is 81.7 Å². The number of benzene rings is 2. The van der Waals surface area contributed by atoms with Crippen LogP contribution in [0.2, 0.25) is 0 Å². The second kappa shape index (κ2) is 10.2. The first-order valence-corrected chi connectivity index (χ1v) is 12.3. The van der Waals surface area contributed by atoms with Gasteiger partial charge in [-0.25, -0.2) is 9.78 Å². The number of esters is 1. The van der Waals surface area contributed by atoms with Gasteiger partial charge in [-0.2, -0.15) is 0 Å². The van der Waals surface area contributed by atoms with E-state index in [1.54, 1.807) is 38.1 Å². The van der Waals surface area contributed by atoms with Gasteiger partial charge in [0.1, 0.15) is 10.9 Å². The number of carbonyl (C=O) groups excluding carboxylic acids is 2. The predicted molar refractivity (Wildman–Crippen MR) is 139 cm³/mol. The van der Waals surface area contributed by atoms with Crippen molar-refractivity contribution in [3.8, 4) is 11.1 Å². The normalized spacial score (nSPS) is 12.0. The van der Waals surface area contributed by atoms with Gasteiger partial charge in [-0.15, -0.1) is 11.3 Å². The van der Waals surface area contributed by atoms with Gasteiger partial charge in [0.25, 0.3) is 5.56 Å². The molecule has 0 aliphatic heterocycles. The fraction of sp³-hybridized carbons (Fsp3) is 0.259. The first-order chi connectivity index (χ1) is 16.8. The molecule has 0 saturated heterocycles. The summed E-state index contributed by atoms with van der Waals surface area (Å²) >= 11 is 1.41. The van der Waals surface area contributed by atoms with Gasteiger partial charge in [0.15, 0.2) is 0 Å². The highest BCUT2D eigenvalue weighted by Gasteiger charge is 2.21. The second-order valence-electron chi connectivity index (χ2n) is 8.53. The number of anilines is 1. The molecule has 2 aromatic heterocycles. The molecule has 7 nitrogen and oxygen atoms in total. The van der Waals surface area contributed by atoms with Crippen LogP contribution in [0.1, 0.15) is 55.6 Å². The van der Waals surface area contributed by atoms with E-state index in [0.717, 1.165) is 11.1 Å². The summed E-state index contributed by atoms with van der Waals surface area (Å²) in [4.78, 5) is 43.3. The topological polar surface area (TPSA) is 90.3 Å². The fourth-order valence-corrected chi connectivity index (χ4v) is 4.67. The zero-order chi connectivity index (χ0) is 25.1. The van der Waals surface area contributed by atoms with E-state index in [9.17, 15) is 14.4 Å². The number of aromatic nitrogens is 2. The number of thiophene rings is 1. The molecule has 1 N–H and O–H groups in total. The third-order valence-corrected chi connectivity index (χ3v) is 6.75. The molecule has 0 fully saturated rings. The largest absolute Gasteiger partial charge is 0.462 e. The summed E-state index contributed by atoms with van der Waals surface area (Å²) in [7, 11) is 0. The number of ether oxygens (including phenoxy) is 1. The fourth-order valence-electron chi connectivity index (χ4n) is 3.76. The number of nitrogens with zero attached hydrogens (tertiary/aromatic N) is 2. The maximum Gasteiger partial charge on any atom is 0.338 e. The number of hydrogen-bond acceptors (Lipinski definition) is 6. The molecule has 2 aromatic carbocycles. The Morgan fingerprint density at radius 1 is 1.06 bits per heavy atom. The second-order valence-corrected chi connectivity index (χ2v) is 9.38. The Morgan fingerprint density at radius 3 is 2.37 bits per heavy atom. The van der Waals surface area contributed by atoms with E-state index in [2.05, 4.69) is 36.3 Å². The van der Waals surface area contributed by atoms with E-state index >= 15 is 0 Å². The zero-order valence-electron chi connectivity index (χ0n) is 20.1. The number of nitrogens with one attached hydrogen (secondary N) is 1. The highest BCUT2D eigenvalue weighted by molar-refractivity contribution is 7.17. The van der Waals surface area contributed by atoms with Gasteiger partial charge in [-0.1, -0.05) is 38.1 Å². The van der Waals surface area contributed by atoms with E-state index in [-0.39, 0.29) is 18.1 Å².